The van der Waals surface area contributed by atoms with Gasteiger partial charge in [-0.15, -0.1) is 21.5 Å². The van der Waals surface area contributed by atoms with Crippen LogP contribution in [0.4, 0.5) is 0 Å². The van der Waals surface area contributed by atoms with Crippen LogP contribution in [-0.2, 0) is 6.54 Å². The first kappa shape index (κ1) is 12.5. The van der Waals surface area contributed by atoms with E-state index in [2.05, 4.69) is 45.7 Å². The van der Waals surface area contributed by atoms with Gasteiger partial charge in [-0.3, -0.25) is 0 Å². The first-order valence-corrected chi connectivity index (χ1v) is 7.51. The van der Waals surface area contributed by atoms with Crippen LogP contribution in [0.1, 0.15) is 41.4 Å². The highest BCUT2D eigenvalue weighted by atomic mass is 32.1. The molecule has 1 atom stereocenters. The van der Waals surface area contributed by atoms with Crippen LogP contribution < -0.4 is 0 Å². The Morgan fingerprint density at radius 2 is 2.11 bits per heavy atom. The summed E-state index contributed by atoms with van der Waals surface area (Å²) >= 11 is 1.72. The van der Waals surface area contributed by atoms with Crippen molar-refractivity contribution in [2.75, 3.05) is 0 Å². The number of allylic oxidation sites excluding steroid dienone is 2. The molecule has 3 heterocycles. The highest BCUT2D eigenvalue weighted by Gasteiger charge is 2.21. The second kappa shape index (κ2) is 4.89. The van der Waals surface area contributed by atoms with Crippen LogP contribution in [0.15, 0.2) is 12.2 Å². The van der Waals surface area contributed by atoms with Crippen molar-refractivity contribution in [1.29, 1.82) is 0 Å². The molecule has 4 nitrogen and oxygen atoms in total. The van der Waals surface area contributed by atoms with Gasteiger partial charge in [-0.25, -0.2) is 4.98 Å². The number of hydrogen-bond acceptors (Lipinski definition) is 4. The molecule has 2 aromatic rings. The Kier molecular flexibility index (Phi) is 3.22. The Balaban J connectivity index is 2.10. The van der Waals surface area contributed by atoms with Crippen LogP contribution in [0.3, 0.4) is 0 Å². The van der Waals surface area contributed by atoms with Gasteiger partial charge in [0.2, 0.25) is 0 Å². The quantitative estimate of drug-likeness (QED) is 0.748. The molecule has 5 heteroatoms. The lowest BCUT2D eigenvalue weighted by Gasteiger charge is -2.14. The van der Waals surface area contributed by atoms with Crippen molar-refractivity contribution in [3.05, 3.63) is 27.9 Å². The molecule has 0 fully saturated rings. The number of fused-ring (bicyclic) bond motifs is 1. The van der Waals surface area contributed by atoms with Crippen molar-refractivity contribution >= 4 is 11.3 Å². The van der Waals surface area contributed by atoms with E-state index in [9.17, 15) is 0 Å². The van der Waals surface area contributed by atoms with E-state index in [-0.39, 0.29) is 0 Å². The smallest absolute Gasteiger partial charge is 0.183 e. The molecule has 0 aromatic carbocycles. The third-order valence-electron chi connectivity index (χ3n) is 3.51. The summed E-state index contributed by atoms with van der Waals surface area (Å²) in [6.07, 6.45) is 6.57. The fraction of sp³-hybridized carbons (Fsp3) is 0.500. The van der Waals surface area contributed by atoms with Gasteiger partial charge < -0.3 is 4.57 Å². The minimum Gasteiger partial charge on any atom is -0.309 e. The summed E-state index contributed by atoms with van der Waals surface area (Å²) in [7, 11) is 0. The molecule has 0 bridgehead atoms. The fourth-order valence-corrected chi connectivity index (χ4v) is 3.35. The Morgan fingerprint density at radius 3 is 2.84 bits per heavy atom. The molecule has 0 saturated heterocycles. The zero-order chi connectivity index (χ0) is 13.4. The topological polar surface area (TPSA) is 43.6 Å². The summed E-state index contributed by atoms with van der Waals surface area (Å²) < 4.78 is 2.25. The molecular weight excluding hydrogens is 256 g/mol. The third kappa shape index (κ3) is 2.23. The molecule has 1 aliphatic rings. The fourth-order valence-electron chi connectivity index (χ4n) is 2.54. The Bertz CT molecular complexity index is 623. The first-order valence-electron chi connectivity index (χ1n) is 6.69. The van der Waals surface area contributed by atoms with Gasteiger partial charge in [0.25, 0.3) is 0 Å². The highest BCUT2D eigenvalue weighted by molar-refractivity contribution is 7.11. The minimum atomic E-state index is 0.415. The third-order valence-corrected chi connectivity index (χ3v) is 4.40. The van der Waals surface area contributed by atoms with Crippen molar-refractivity contribution in [2.24, 2.45) is 0 Å². The van der Waals surface area contributed by atoms with Crippen LogP contribution in [0.25, 0.3) is 11.5 Å². The van der Waals surface area contributed by atoms with Crippen molar-refractivity contribution < 1.29 is 0 Å². The molecule has 19 heavy (non-hydrogen) atoms. The Hall–Kier alpha value is -1.49. The molecular formula is C14H18N4S. The van der Waals surface area contributed by atoms with Crippen molar-refractivity contribution in [3.63, 3.8) is 0 Å². The molecule has 0 amide bonds. The van der Waals surface area contributed by atoms with Gasteiger partial charge in [0.05, 0.1) is 5.01 Å². The maximum Gasteiger partial charge on any atom is 0.183 e. The second-order valence-electron chi connectivity index (χ2n) is 5.07. The molecule has 0 saturated carbocycles. The number of nitrogens with zero attached hydrogens (tertiary/aromatic N) is 4. The molecule has 2 aromatic heterocycles. The minimum absolute atomic E-state index is 0.415. The van der Waals surface area contributed by atoms with E-state index in [0.717, 1.165) is 41.7 Å². The predicted octanol–water partition coefficient (Wildman–Crippen LogP) is 3.47. The van der Waals surface area contributed by atoms with Gasteiger partial charge in [0.1, 0.15) is 11.5 Å². The average Bonchev–Trinajstić information content (AvgIpc) is 2.89. The second-order valence-corrected chi connectivity index (χ2v) is 6.48. The zero-order valence-electron chi connectivity index (χ0n) is 11.6. The number of aryl methyl sites for hydroxylation is 2. The lowest BCUT2D eigenvalue weighted by molar-refractivity contribution is 0.595. The predicted molar refractivity (Wildman–Crippen MR) is 77.4 cm³/mol. The molecule has 0 N–H and O–H groups in total. The molecule has 0 radical (unpaired) electrons. The van der Waals surface area contributed by atoms with E-state index >= 15 is 0 Å². The summed E-state index contributed by atoms with van der Waals surface area (Å²) in [6.45, 7) is 7.29. The van der Waals surface area contributed by atoms with Gasteiger partial charge in [0.15, 0.2) is 5.82 Å². The highest BCUT2D eigenvalue weighted by Crippen LogP contribution is 2.29. The molecule has 100 valence electrons. The summed E-state index contributed by atoms with van der Waals surface area (Å²) in [5.41, 5.74) is 0.998. The standard InChI is InChI=1S/C14H18N4S/c1-9-7-5-4-6-8-18-13(9)16-17-14(18)12-10(2)19-11(3)15-12/h4-5,9H,6-8H2,1-3H3. The van der Waals surface area contributed by atoms with E-state index in [0.29, 0.717) is 5.92 Å². The number of thiazole rings is 1. The normalized spacial score (nSPS) is 19.0. The summed E-state index contributed by atoms with van der Waals surface area (Å²) in [6, 6.07) is 0. The summed E-state index contributed by atoms with van der Waals surface area (Å²) in [5, 5.41) is 9.90. The van der Waals surface area contributed by atoms with E-state index in [1.807, 2.05) is 6.92 Å². The zero-order valence-corrected chi connectivity index (χ0v) is 12.4. The molecule has 3 rings (SSSR count). The molecule has 0 aliphatic carbocycles. The summed E-state index contributed by atoms with van der Waals surface area (Å²) in [4.78, 5) is 5.84. The first-order chi connectivity index (χ1) is 9.16. The van der Waals surface area contributed by atoms with Gasteiger partial charge in [0, 0.05) is 17.3 Å². The van der Waals surface area contributed by atoms with E-state index in [1.165, 1.54) is 4.88 Å². The number of aromatic nitrogens is 4. The summed E-state index contributed by atoms with van der Waals surface area (Å²) in [5.74, 6) is 2.43. The Labute approximate surface area is 117 Å². The Morgan fingerprint density at radius 1 is 1.26 bits per heavy atom. The van der Waals surface area contributed by atoms with Crippen molar-refractivity contribution in [3.8, 4) is 11.5 Å². The van der Waals surface area contributed by atoms with Crippen molar-refractivity contribution in [2.45, 2.75) is 46.1 Å². The monoisotopic (exact) mass is 274 g/mol. The lowest BCUT2D eigenvalue weighted by Crippen LogP contribution is -2.10. The van der Waals surface area contributed by atoms with Gasteiger partial charge in [-0.1, -0.05) is 19.1 Å². The van der Waals surface area contributed by atoms with Gasteiger partial charge >= 0.3 is 0 Å². The van der Waals surface area contributed by atoms with E-state index in [4.69, 9.17) is 0 Å². The molecule has 0 spiro atoms. The largest absolute Gasteiger partial charge is 0.309 e. The SMILES string of the molecule is Cc1nc(-c2nnc3n2CCC=CCC3C)c(C)s1. The van der Waals surface area contributed by atoms with Crippen LogP contribution in [-0.4, -0.2) is 19.7 Å². The van der Waals surface area contributed by atoms with Gasteiger partial charge in [-0.2, -0.15) is 0 Å². The van der Waals surface area contributed by atoms with E-state index < -0.39 is 0 Å². The van der Waals surface area contributed by atoms with Crippen molar-refractivity contribution in [1.82, 2.24) is 19.7 Å². The number of rotatable bonds is 1. The molecule has 1 aliphatic heterocycles. The van der Waals surface area contributed by atoms with Crippen LogP contribution in [0.5, 0.6) is 0 Å². The molecule has 1 unspecified atom stereocenters. The lowest BCUT2D eigenvalue weighted by atomic mass is 10.1. The number of hydrogen-bond donors (Lipinski definition) is 0. The van der Waals surface area contributed by atoms with Crippen LogP contribution in [0.2, 0.25) is 0 Å². The maximum atomic E-state index is 4.62. The average molecular weight is 274 g/mol. The van der Waals surface area contributed by atoms with Gasteiger partial charge in [-0.05, 0) is 26.7 Å². The maximum absolute atomic E-state index is 4.62. The van der Waals surface area contributed by atoms with Crippen LogP contribution in [0, 0.1) is 13.8 Å². The van der Waals surface area contributed by atoms with E-state index in [1.54, 1.807) is 11.3 Å². The van der Waals surface area contributed by atoms with Crippen LogP contribution >= 0.6 is 11.3 Å².